The van der Waals surface area contributed by atoms with E-state index in [9.17, 15) is 13.2 Å². The quantitative estimate of drug-likeness (QED) is 0.455. The molecule has 6 heteroatoms. The van der Waals surface area contributed by atoms with Gasteiger partial charge in [-0.25, -0.2) is 4.98 Å². The summed E-state index contributed by atoms with van der Waals surface area (Å²) in [4.78, 5) is 4.30. The predicted octanol–water partition coefficient (Wildman–Crippen LogP) is 6.46. The molecule has 1 heterocycles. The van der Waals surface area contributed by atoms with Crippen LogP contribution in [0.5, 0.6) is 5.75 Å². The predicted molar refractivity (Wildman–Crippen MR) is 102 cm³/mol. The third kappa shape index (κ3) is 5.03. The van der Waals surface area contributed by atoms with Crippen molar-refractivity contribution in [1.82, 2.24) is 4.98 Å². The van der Waals surface area contributed by atoms with Crippen molar-refractivity contribution in [3.05, 3.63) is 77.2 Å². The van der Waals surface area contributed by atoms with Gasteiger partial charge in [0.2, 0.25) is 5.89 Å². The summed E-state index contributed by atoms with van der Waals surface area (Å²) in [5.74, 6) is 1.70. The first kappa shape index (κ1) is 19.7. The summed E-state index contributed by atoms with van der Waals surface area (Å²) in [6.45, 7) is 4.33. The molecule has 0 saturated heterocycles. The Hall–Kier alpha value is -3.02. The number of ether oxygens (including phenoxy) is 1. The molecule has 0 spiro atoms. The van der Waals surface area contributed by atoms with Crippen LogP contribution in [0.4, 0.5) is 13.2 Å². The van der Waals surface area contributed by atoms with Crippen molar-refractivity contribution in [2.24, 2.45) is 0 Å². The third-order valence-electron chi connectivity index (χ3n) is 4.10. The minimum atomic E-state index is -4.36. The molecule has 0 atom stereocenters. The number of oxazole rings is 1. The maximum atomic E-state index is 12.7. The molecule has 0 bridgehead atoms. The van der Waals surface area contributed by atoms with E-state index in [1.54, 1.807) is 13.0 Å². The van der Waals surface area contributed by atoms with Crippen molar-refractivity contribution < 1.29 is 22.3 Å². The van der Waals surface area contributed by atoms with Crippen LogP contribution in [-0.2, 0) is 6.18 Å². The molecule has 146 valence electrons. The first-order valence-corrected chi connectivity index (χ1v) is 8.84. The van der Waals surface area contributed by atoms with Crippen molar-refractivity contribution in [3.63, 3.8) is 0 Å². The van der Waals surface area contributed by atoms with E-state index in [2.05, 4.69) is 4.98 Å². The van der Waals surface area contributed by atoms with Gasteiger partial charge in [0.05, 0.1) is 17.9 Å². The van der Waals surface area contributed by atoms with Gasteiger partial charge in [-0.1, -0.05) is 18.2 Å². The van der Waals surface area contributed by atoms with E-state index in [1.165, 1.54) is 12.1 Å². The minimum Gasteiger partial charge on any atom is -0.493 e. The Morgan fingerprint density at radius 3 is 2.50 bits per heavy atom. The molecular formula is C22H20F3NO2. The highest BCUT2D eigenvalue weighted by atomic mass is 19.4. The Labute approximate surface area is 161 Å². The van der Waals surface area contributed by atoms with Crippen molar-refractivity contribution >= 4 is 6.08 Å². The van der Waals surface area contributed by atoms with E-state index in [0.717, 1.165) is 23.4 Å². The Kier molecular flexibility index (Phi) is 5.87. The fraction of sp³-hybridized carbons (Fsp3) is 0.227. The van der Waals surface area contributed by atoms with Crippen LogP contribution < -0.4 is 4.74 Å². The smallest absolute Gasteiger partial charge is 0.416 e. The number of aryl methyl sites for hydroxylation is 2. The highest BCUT2D eigenvalue weighted by Gasteiger charge is 2.30. The maximum absolute atomic E-state index is 12.7. The minimum absolute atomic E-state index is 0.293. The van der Waals surface area contributed by atoms with Crippen LogP contribution >= 0.6 is 0 Å². The normalized spacial score (nSPS) is 11.9. The molecule has 2 aromatic carbocycles. The Balaban J connectivity index is 1.60. The summed E-state index contributed by atoms with van der Waals surface area (Å²) in [7, 11) is 0. The number of alkyl halides is 3. The van der Waals surface area contributed by atoms with E-state index in [-0.39, 0.29) is 0 Å². The molecule has 0 unspecified atom stereocenters. The molecule has 0 aliphatic heterocycles. The number of hydrogen-bond acceptors (Lipinski definition) is 3. The molecule has 0 radical (unpaired) electrons. The van der Waals surface area contributed by atoms with Gasteiger partial charge in [0.1, 0.15) is 11.5 Å². The van der Waals surface area contributed by atoms with Crippen LogP contribution in [0.1, 0.15) is 29.0 Å². The molecule has 0 N–H and O–H groups in total. The van der Waals surface area contributed by atoms with E-state index in [0.29, 0.717) is 35.9 Å². The zero-order valence-corrected chi connectivity index (χ0v) is 15.6. The lowest BCUT2D eigenvalue weighted by Crippen LogP contribution is -2.03. The second-order valence-electron chi connectivity index (χ2n) is 6.40. The Morgan fingerprint density at radius 2 is 1.82 bits per heavy atom. The zero-order chi connectivity index (χ0) is 20.1. The summed E-state index contributed by atoms with van der Waals surface area (Å²) in [5, 5.41) is 0. The average molecular weight is 387 g/mol. The number of benzene rings is 2. The van der Waals surface area contributed by atoms with E-state index in [4.69, 9.17) is 9.15 Å². The van der Waals surface area contributed by atoms with Crippen molar-refractivity contribution in [1.29, 1.82) is 0 Å². The van der Waals surface area contributed by atoms with Gasteiger partial charge in [0.25, 0.3) is 0 Å². The number of hydrogen-bond donors (Lipinski definition) is 0. The van der Waals surface area contributed by atoms with Crippen LogP contribution in [0, 0.1) is 13.8 Å². The van der Waals surface area contributed by atoms with Crippen LogP contribution in [0.25, 0.3) is 17.5 Å². The summed E-state index contributed by atoms with van der Waals surface area (Å²) in [6, 6.07) is 12.6. The molecule has 0 aliphatic rings. The molecule has 3 aromatic rings. The van der Waals surface area contributed by atoms with Gasteiger partial charge in [-0.05, 0) is 68.3 Å². The lowest BCUT2D eigenvalue weighted by Gasteiger charge is -2.06. The molecule has 0 amide bonds. The fourth-order valence-corrected chi connectivity index (χ4v) is 2.63. The van der Waals surface area contributed by atoms with Gasteiger partial charge < -0.3 is 9.15 Å². The largest absolute Gasteiger partial charge is 0.493 e. The lowest BCUT2D eigenvalue weighted by atomic mass is 10.1. The monoisotopic (exact) mass is 387 g/mol. The molecule has 1 aromatic heterocycles. The van der Waals surface area contributed by atoms with Gasteiger partial charge >= 0.3 is 6.18 Å². The molecule has 0 fully saturated rings. The van der Waals surface area contributed by atoms with Crippen LogP contribution in [0.2, 0.25) is 0 Å². The summed E-state index contributed by atoms with van der Waals surface area (Å²) in [5.41, 5.74) is 1.61. The Bertz CT molecular complexity index is 957. The zero-order valence-electron chi connectivity index (χ0n) is 15.6. The summed E-state index contributed by atoms with van der Waals surface area (Å²) >= 11 is 0. The summed E-state index contributed by atoms with van der Waals surface area (Å²) < 4.78 is 49.4. The van der Waals surface area contributed by atoms with E-state index < -0.39 is 11.7 Å². The van der Waals surface area contributed by atoms with Gasteiger partial charge in [-0.3, -0.25) is 0 Å². The average Bonchev–Trinajstić information content (AvgIpc) is 3.02. The van der Waals surface area contributed by atoms with Crippen molar-refractivity contribution in [3.8, 4) is 17.2 Å². The topological polar surface area (TPSA) is 35.3 Å². The fourth-order valence-electron chi connectivity index (χ4n) is 2.63. The van der Waals surface area contributed by atoms with Gasteiger partial charge in [0, 0.05) is 5.56 Å². The number of rotatable bonds is 6. The first-order chi connectivity index (χ1) is 13.3. The second-order valence-corrected chi connectivity index (χ2v) is 6.40. The second kappa shape index (κ2) is 8.33. The van der Waals surface area contributed by atoms with E-state index in [1.807, 2.05) is 37.3 Å². The van der Waals surface area contributed by atoms with Gasteiger partial charge in [-0.2, -0.15) is 13.2 Å². The van der Waals surface area contributed by atoms with Crippen molar-refractivity contribution in [2.45, 2.75) is 26.4 Å². The van der Waals surface area contributed by atoms with E-state index >= 15 is 0 Å². The van der Waals surface area contributed by atoms with Crippen LogP contribution in [0.3, 0.4) is 0 Å². The highest BCUT2D eigenvalue weighted by molar-refractivity contribution is 5.57. The first-order valence-electron chi connectivity index (χ1n) is 8.84. The maximum Gasteiger partial charge on any atom is 0.416 e. The number of aromatic nitrogens is 1. The van der Waals surface area contributed by atoms with Crippen molar-refractivity contribution in [2.75, 3.05) is 6.61 Å². The van der Waals surface area contributed by atoms with Crippen LogP contribution in [-0.4, -0.2) is 11.6 Å². The molecule has 3 nitrogen and oxygen atoms in total. The number of nitrogens with zero attached hydrogens (tertiary/aromatic N) is 1. The molecule has 3 rings (SSSR count). The molecular weight excluding hydrogens is 367 g/mol. The standard InChI is InChI=1S/C22H20F3NO2/c1-15-6-5-7-19(14-15)27-13-4-3-8-20-16(2)26-21(28-20)17-9-11-18(12-10-17)22(23,24)25/h3,5-12,14H,4,13H2,1-2H3. The number of halogens is 3. The third-order valence-corrected chi connectivity index (χ3v) is 4.10. The SMILES string of the molecule is Cc1cccc(OCCC=Cc2oc(-c3ccc(C(F)(F)F)cc3)nc2C)c1. The Morgan fingerprint density at radius 1 is 1.07 bits per heavy atom. The summed E-state index contributed by atoms with van der Waals surface area (Å²) in [6.07, 6.45) is 0.0402. The lowest BCUT2D eigenvalue weighted by molar-refractivity contribution is -0.137. The van der Waals surface area contributed by atoms with Crippen LogP contribution in [0.15, 0.2) is 59.0 Å². The highest BCUT2D eigenvalue weighted by Crippen LogP contribution is 2.31. The molecule has 28 heavy (non-hydrogen) atoms. The molecule has 0 saturated carbocycles. The van der Waals surface area contributed by atoms with Gasteiger partial charge in [0.15, 0.2) is 0 Å². The van der Waals surface area contributed by atoms with Gasteiger partial charge in [-0.15, -0.1) is 0 Å². The molecule has 0 aliphatic carbocycles.